The number of aromatic nitrogens is 1. The van der Waals surface area contributed by atoms with Crippen molar-refractivity contribution in [2.45, 2.75) is 13.5 Å². The van der Waals surface area contributed by atoms with Gasteiger partial charge in [0.1, 0.15) is 6.54 Å². The van der Waals surface area contributed by atoms with E-state index in [0.717, 1.165) is 24.3 Å². The normalized spacial score (nSPS) is 14.4. The maximum atomic E-state index is 12.8. The van der Waals surface area contributed by atoms with Crippen LogP contribution in [-0.2, 0) is 16.1 Å². The monoisotopic (exact) mass is 417 g/mol. The number of thiazole rings is 1. The van der Waals surface area contributed by atoms with Gasteiger partial charge in [-0.2, -0.15) is 0 Å². The van der Waals surface area contributed by atoms with Crippen molar-refractivity contribution in [1.29, 1.82) is 0 Å². The third kappa shape index (κ3) is 7.12. The Kier molecular flexibility index (Phi) is 7.97. The van der Waals surface area contributed by atoms with E-state index in [1.807, 2.05) is 42.6 Å². The van der Waals surface area contributed by atoms with E-state index < -0.39 is 0 Å². The van der Waals surface area contributed by atoms with Crippen LogP contribution in [0.15, 0.2) is 35.7 Å². The summed E-state index contributed by atoms with van der Waals surface area (Å²) in [6.45, 7) is 6.50. The number of urea groups is 1. The minimum absolute atomic E-state index is 0.0242. The fraction of sp³-hybridized carbons (Fsp3) is 0.450. The molecule has 0 unspecified atom stereocenters. The molecule has 8 nitrogen and oxygen atoms in total. The Morgan fingerprint density at radius 1 is 1.24 bits per heavy atom. The molecule has 3 amide bonds. The molecule has 0 radical (unpaired) electrons. The van der Waals surface area contributed by atoms with Gasteiger partial charge in [0.2, 0.25) is 5.91 Å². The van der Waals surface area contributed by atoms with E-state index in [9.17, 15) is 9.59 Å². The highest BCUT2D eigenvalue weighted by Gasteiger charge is 2.20. The zero-order chi connectivity index (χ0) is 20.5. The maximum Gasteiger partial charge on any atom is 0.318 e. The first-order chi connectivity index (χ1) is 14.1. The Morgan fingerprint density at radius 3 is 2.69 bits per heavy atom. The van der Waals surface area contributed by atoms with E-state index in [1.165, 1.54) is 11.3 Å². The second-order valence-corrected chi connectivity index (χ2v) is 7.72. The standard InChI is InChI=1S/C20H27N5O3S/c1-16-15-29-19(22-16)23-18(26)14-25(8-7-24-9-11-28-12-10-24)20(27)21-13-17-5-3-2-4-6-17/h2-6,15H,7-14H2,1H3,(H,21,27)(H,22,23,26). The molecule has 29 heavy (non-hydrogen) atoms. The molecule has 1 saturated heterocycles. The first-order valence-electron chi connectivity index (χ1n) is 9.69. The lowest BCUT2D eigenvalue weighted by atomic mass is 10.2. The van der Waals surface area contributed by atoms with Gasteiger partial charge in [0.15, 0.2) is 5.13 Å². The van der Waals surface area contributed by atoms with E-state index in [0.29, 0.717) is 38.0 Å². The van der Waals surface area contributed by atoms with Crippen LogP contribution in [0.3, 0.4) is 0 Å². The van der Waals surface area contributed by atoms with Crippen LogP contribution in [0.4, 0.5) is 9.93 Å². The van der Waals surface area contributed by atoms with Crippen LogP contribution in [0.5, 0.6) is 0 Å². The van der Waals surface area contributed by atoms with Crippen LogP contribution in [0.2, 0.25) is 0 Å². The Morgan fingerprint density at radius 2 is 2.00 bits per heavy atom. The SMILES string of the molecule is Cc1csc(NC(=O)CN(CCN2CCOCC2)C(=O)NCc2ccccc2)n1. The Hall–Kier alpha value is -2.49. The van der Waals surface area contributed by atoms with Crippen LogP contribution < -0.4 is 10.6 Å². The number of aryl methyl sites for hydroxylation is 1. The molecule has 0 atom stereocenters. The largest absolute Gasteiger partial charge is 0.379 e. The number of nitrogens with zero attached hydrogens (tertiary/aromatic N) is 3. The molecule has 0 bridgehead atoms. The van der Waals surface area contributed by atoms with Gasteiger partial charge < -0.3 is 20.3 Å². The number of benzene rings is 1. The number of nitrogens with one attached hydrogen (secondary N) is 2. The average Bonchev–Trinajstić information content (AvgIpc) is 3.15. The molecule has 2 N–H and O–H groups in total. The first kappa shape index (κ1) is 21.2. The molecule has 1 aromatic heterocycles. The van der Waals surface area contributed by atoms with Crippen molar-refractivity contribution in [2.75, 3.05) is 51.3 Å². The van der Waals surface area contributed by atoms with Gasteiger partial charge in [-0.05, 0) is 12.5 Å². The van der Waals surface area contributed by atoms with Crippen LogP contribution in [0.25, 0.3) is 0 Å². The van der Waals surface area contributed by atoms with Crippen molar-refractivity contribution in [3.8, 4) is 0 Å². The quantitative estimate of drug-likeness (QED) is 0.685. The Bertz CT molecular complexity index is 792. The molecule has 1 aliphatic heterocycles. The molecule has 156 valence electrons. The molecule has 0 aliphatic carbocycles. The lowest BCUT2D eigenvalue weighted by Crippen LogP contribution is -2.48. The summed E-state index contributed by atoms with van der Waals surface area (Å²) in [4.78, 5) is 33.3. The van der Waals surface area contributed by atoms with Gasteiger partial charge in [-0.1, -0.05) is 30.3 Å². The second kappa shape index (κ2) is 10.9. The molecule has 2 heterocycles. The molecule has 1 aliphatic rings. The van der Waals surface area contributed by atoms with Crippen LogP contribution in [0, 0.1) is 6.92 Å². The third-order valence-electron chi connectivity index (χ3n) is 4.56. The topological polar surface area (TPSA) is 86.8 Å². The van der Waals surface area contributed by atoms with E-state index >= 15 is 0 Å². The molecule has 0 saturated carbocycles. The number of morpholine rings is 1. The van der Waals surface area contributed by atoms with Crippen LogP contribution in [-0.4, -0.2) is 72.7 Å². The molecule has 1 aromatic carbocycles. The Labute approximate surface area is 174 Å². The summed E-state index contributed by atoms with van der Waals surface area (Å²) >= 11 is 1.37. The second-order valence-electron chi connectivity index (χ2n) is 6.86. The zero-order valence-corrected chi connectivity index (χ0v) is 17.4. The molecule has 0 spiro atoms. The highest BCUT2D eigenvalue weighted by atomic mass is 32.1. The van der Waals surface area contributed by atoms with Gasteiger partial charge in [-0.15, -0.1) is 11.3 Å². The lowest BCUT2D eigenvalue weighted by molar-refractivity contribution is -0.116. The summed E-state index contributed by atoms with van der Waals surface area (Å²) in [5.41, 5.74) is 1.87. The van der Waals surface area contributed by atoms with Crippen molar-refractivity contribution in [3.05, 3.63) is 47.0 Å². The smallest absolute Gasteiger partial charge is 0.318 e. The zero-order valence-electron chi connectivity index (χ0n) is 16.6. The van der Waals surface area contributed by atoms with Gasteiger partial charge in [0.25, 0.3) is 0 Å². The molecule has 1 fully saturated rings. The molecular weight excluding hydrogens is 390 g/mol. The van der Waals surface area contributed by atoms with Gasteiger partial charge in [0.05, 0.1) is 18.9 Å². The minimum Gasteiger partial charge on any atom is -0.379 e. The highest BCUT2D eigenvalue weighted by Crippen LogP contribution is 2.14. The molecule has 3 rings (SSSR count). The summed E-state index contributed by atoms with van der Waals surface area (Å²) in [6, 6.07) is 9.45. The number of ether oxygens (including phenoxy) is 1. The average molecular weight is 418 g/mol. The predicted molar refractivity (Wildman–Crippen MR) is 113 cm³/mol. The third-order valence-corrected chi connectivity index (χ3v) is 5.44. The summed E-state index contributed by atoms with van der Waals surface area (Å²) in [7, 11) is 0. The Balaban J connectivity index is 1.56. The summed E-state index contributed by atoms with van der Waals surface area (Å²) in [6.07, 6.45) is 0. The number of rotatable bonds is 8. The molecular formula is C20H27N5O3S. The van der Waals surface area contributed by atoms with Crippen molar-refractivity contribution >= 4 is 28.4 Å². The number of amides is 3. The van der Waals surface area contributed by atoms with Crippen molar-refractivity contribution in [2.24, 2.45) is 0 Å². The number of carbonyl (C=O) groups is 2. The number of carbonyl (C=O) groups excluding carboxylic acids is 2. The number of hydrogen-bond donors (Lipinski definition) is 2. The van der Waals surface area contributed by atoms with Crippen LogP contribution in [0.1, 0.15) is 11.3 Å². The summed E-state index contributed by atoms with van der Waals surface area (Å²) in [5.74, 6) is -0.254. The summed E-state index contributed by atoms with van der Waals surface area (Å²) in [5, 5.41) is 8.10. The van der Waals surface area contributed by atoms with Crippen molar-refractivity contribution in [1.82, 2.24) is 20.1 Å². The minimum atomic E-state index is -0.257. The van der Waals surface area contributed by atoms with E-state index in [1.54, 1.807) is 4.90 Å². The molecule has 2 aromatic rings. The van der Waals surface area contributed by atoms with Crippen LogP contribution >= 0.6 is 11.3 Å². The summed E-state index contributed by atoms with van der Waals surface area (Å²) < 4.78 is 5.37. The predicted octanol–water partition coefficient (Wildman–Crippen LogP) is 1.93. The molecule has 9 heteroatoms. The van der Waals surface area contributed by atoms with Gasteiger partial charge in [0, 0.05) is 38.1 Å². The fourth-order valence-electron chi connectivity index (χ4n) is 2.97. The lowest BCUT2D eigenvalue weighted by Gasteiger charge is -2.30. The van der Waals surface area contributed by atoms with E-state index in [-0.39, 0.29) is 18.5 Å². The first-order valence-corrected chi connectivity index (χ1v) is 10.6. The van der Waals surface area contributed by atoms with E-state index in [2.05, 4.69) is 20.5 Å². The van der Waals surface area contributed by atoms with Gasteiger partial charge in [-0.25, -0.2) is 9.78 Å². The number of hydrogen-bond acceptors (Lipinski definition) is 6. The number of anilines is 1. The fourth-order valence-corrected chi connectivity index (χ4v) is 3.67. The van der Waals surface area contributed by atoms with E-state index in [4.69, 9.17) is 4.74 Å². The van der Waals surface area contributed by atoms with Gasteiger partial charge in [-0.3, -0.25) is 9.69 Å². The van der Waals surface area contributed by atoms with Crippen molar-refractivity contribution < 1.29 is 14.3 Å². The highest BCUT2D eigenvalue weighted by molar-refractivity contribution is 7.13. The van der Waals surface area contributed by atoms with Crippen molar-refractivity contribution in [3.63, 3.8) is 0 Å². The maximum absolute atomic E-state index is 12.8. The van der Waals surface area contributed by atoms with Gasteiger partial charge >= 0.3 is 6.03 Å².